The van der Waals surface area contributed by atoms with Gasteiger partial charge in [-0.3, -0.25) is 4.98 Å². The quantitative estimate of drug-likeness (QED) is 0.818. The summed E-state index contributed by atoms with van der Waals surface area (Å²) in [6.45, 7) is 1.98. The maximum Gasteiger partial charge on any atom is 0.101 e. The molecule has 2 aromatic rings. The van der Waals surface area contributed by atoms with Gasteiger partial charge in [0.15, 0.2) is 0 Å². The second-order valence-corrected chi connectivity index (χ2v) is 5.30. The number of hydrogen-bond acceptors (Lipinski definition) is 2. The number of aliphatic hydroxyl groups excluding tert-OH is 1. The van der Waals surface area contributed by atoms with E-state index in [1.165, 1.54) is 18.4 Å². The third-order valence-electron chi connectivity index (χ3n) is 3.85. The summed E-state index contributed by atoms with van der Waals surface area (Å²) in [5.74, 6) is 0. The predicted molar refractivity (Wildman–Crippen MR) is 78.0 cm³/mol. The van der Waals surface area contributed by atoms with E-state index in [1.807, 2.05) is 37.3 Å². The van der Waals surface area contributed by atoms with Crippen molar-refractivity contribution in [1.29, 1.82) is 0 Å². The van der Waals surface area contributed by atoms with Crippen molar-refractivity contribution in [1.82, 2.24) is 4.98 Å². The number of benzene rings is 1. The fourth-order valence-electron chi connectivity index (χ4n) is 2.88. The first-order valence-corrected chi connectivity index (χ1v) is 6.99. The summed E-state index contributed by atoms with van der Waals surface area (Å²) in [5, 5.41) is 11.7. The summed E-state index contributed by atoms with van der Waals surface area (Å²) in [7, 11) is 0. The number of aliphatic hydroxyl groups is 1. The predicted octanol–water partition coefficient (Wildman–Crippen LogP) is 4.08. The third-order valence-corrected chi connectivity index (χ3v) is 3.85. The van der Waals surface area contributed by atoms with Gasteiger partial charge in [0, 0.05) is 11.1 Å². The molecular weight excluding hydrogens is 234 g/mol. The van der Waals surface area contributed by atoms with Gasteiger partial charge in [-0.15, -0.1) is 0 Å². The van der Waals surface area contributed by atoms with Crippen LogP contribution < -0.4 is 0 Å². The van der Waals surface area contributed by atoms with E-state index in [4.69, 9.17) is 0 Å². The molecule has 3 rings (SSSR count). The highest BCUT2D eigenvalue weighted by atomic mass is 16.3. The lowest BCUT2D eigenvalue weighted by molar-refractivity contribution is 0.209. The van der Waals surface area contributed by atoms with Crippen LogP contribution in [0.4, 0.5) is 0 Å². The third kappa shape index (κ3) is 2.41. The number of pyridine rings is 1. The molecule has 2 heteroatoms. The van der Waals surface area contributed by atoms with E-state index in [9.17, 15) is 5.11 Å². The summed E-state index contributed by atoms with van der Waals surface area (Å²) < 4.78 is 0. The van der Waals surface area contributed by atoms with Crippen molar-refractivity contribution in [2.45, 2.75) is 38.7 Å². The van der Waals surface area contributed by atoms with Crippen molar-refractivity contribution < 1.29 is 5.11 Å². The summed E-state index contributed by atoms with van der Waals surface area (Å²) in [5.41, 5.74) is 4.09. The molecule has 0 saturated carbocycles. The van der Waals surface area contributed by atoms with E-state index in [0.717, 1.165) is 35.0 Å². The van der Waals surface area contributed by atoms with Crippen LogP contribution in [0.2, 0.25) is 0 Å². The van der Waals surface area contributed by atoms with Crippen LogP contribution >= 0.6 is 0 Å². The molecule has 2 nitrogen and oxygen atoms in total. The van der Waals surface area contributed by atoms with E-state index in [0.29, 0.717) is 0 Å². The van der Waals surface area contributed by atoms with Crippen molar-refractivity contribution in [2.75, 3.05) is 0 Å². The molecular formula is C17H19NO. The van der Waals surface area contributed by atoms with Gasteiger partial charge >= 0.3 is 0 Å². The minimum absolute atomic E-state index is 0.480. The first-order chi connectivity index (χ1) is 9.25. The molecule has 1 unspecified atom stereocenters. The van der Waals surface area contributed by atoms with Gasteiger partial charge in [-0.1, -0.05) is 24.3 Å². The molecule has 0 fully saturated rings. The number of aromatic nitrogens is 1. The number of fused-ring (bicyclic) bond motifs is 1. The van der Waals surface area contributed by atoms with Gasteiger partial charge in [0.1, 0.15) is 6.10 Å². The second kappa shape index (κ2) is 5.14. The van der Waals surface area contributed by atoms with Crippen LogP contribution in [0.5, 0.6) is 0 Å². The SMILES string of the molecule is Cc1cc(C(O)C2=CCCCC2)c2ccccc2n1. The maximum atomic E-state index is 10.7. The largest absolute Gasteiger partial charge is 0.384 e. The lowest BCUT2D eigenvalue weighted by atomic mass is 9.90. The lowest BCUT2D eigenvalue weighted by Crippen LogP contribution is -2.06. The van der Waals surface area contributed by atoms with Gasteiger partial charge in [0.05, 0.1) is 5.52 Å². The molecule has 1 atom stereocenters. The molecule has 1 aliphatic rings. The average molecular weight is 253 g/mol. The Hall–Kier alpha value is -1.67. The van der Waals surface area contributed by atoms with E-state index in [2.05, 4.69) is 11.1 Å². The normalized spacial score (nSPS) is 17.3. The second-order valence-electron chi connectivity index (χ2n) is 5.30. The maximum absolute atomic E-state index is 10.7. The minimum atomic E-state index is -0.480. The molecule has 0 amide bonds. The Bertz CT molecular complexity index is 630. The Morgan fingerprint density at radius 1 is 1.21 bits per heavy atom. The smallest absolute Gasteiger partial charge is 0.101 e. The van der Waals surface area contributed by atoms with Crippen molar-refractivity contribution in [3.63, 3.8) is 0 Å². The number of nitrogens with zero attached hydrogens (tertiary/aromatic N) is 1. The highest BCUT2D eigenvalue weighted by Crippen LogP contribution is 2.33. The van der Waals surface area contributed by atoms with Crippen molar-refractivity contribution in [2.24, 2.45) is 0 Å². The van der Waals surface area contributed by atoms with Crippen LogP contribution in [0.25, 0.3) is 10.9 Å². The molecule has 1 aromatic heterocycles. The van der Waals surface area contributed by atoms with Crippen LogP contribution in [-0.2, 0) is 0 Å². The van der Waals surface area contributed by atoms with Gasteiger partial charge in [0.2, 0.25) is 0 Å². The summed E-state index contributed by atoms with van der Waals surface area (Å²) in [4.78, 5) is 4.53. The molecule has 0 radical (unpaired) electrons. The molecule has 98 valence electrons. The monoisotopic (exact) mass is 253 g/mol. The van der Waals surface area contributed by atoms with Crippen LogP contribution in [0.3, 0.4) is 0 Å². The zero-order valence-electron chi connectivity index (χ0n) is 11.3. The molecule has 1 heterocycles. The Balaban J connectivity index is 2.10. The molecule has 19 heavy (non-hydrogen) atoms. The van der Waals surface area contributed by atoms with Crippen molar-refractivity contribution in [3.05, 3.63) is 53.2 Å². The number of rotatable bonds is 2. The number of allylic oxidation sites excluding steroid dienone is 1. The van der Waals surface area contributed by atoms with Crippen LogP contribution in [0, 0.1) is 6.92 Å². The molecule has 1 aromatic carbocycles. The fraction of sp³-hybridized carbons (Fsp3) is 0.353. The molecule has 0 aliphatic heterocycles. The standard InChI is InChI=1S/C17H19NO/c1-12-11-15(14-9-5-6-10-16(14)18-12)17(19)13-7-3-2-4-8-13/h5-7,9-11,17,19H,2-4,8H2,1H3. The van der Waals surface area contributed by atoms with E-state index in [-0.39, 0.29) is 0 Å². The molecule has 0 bridgehead atoms. The zero-order valence-corrected chi connectivity index (χ0v) is 11.3. The van der Waals surface area contributed by atoms with E-state index >= 15 is 0 Å². The van der Waals surface area contributed by atoms with Crippen LogP contribution in [-0.4, -0.2) is 10.1 Å². The number of para-hydroxylation sites is 1. The van der Waals surface area contributed by atoms with E-state index < -0.39 is 6.10 Å². The molecule has 0 saturated heterocycles. The Morgan fingerprint density at radius 3 is 2.84 bits per heavy atom. The van der Waals surface area contributed by atoms with Gasteiger partial charge in [-0.05, 0) is 55.9 Å². The van der Waals surface area contributed by atoms with Gasteiger partial charge in [0.25, 0.3) is 0 Å². The van der Waals surface area contributed by atoms with Gasteiger partial charge in [-0.25, -0.2) is 0 Å². The molecule has 1 N–H and O–H groups in total. The Labute approximate surface area is 113 Å². The first kappa shape index (κ1) is 12.4. The van der Waals surface area contributed by atoms with E-state index in [1.54, 1.807) is 0 Å². The summed E-state index contributed by atoms with van der Waals surface area (Å²) in [6.07, 6.45) is 6.26. The minimum Gasteiger partial charge on any atom is -0.384 e. The molecule has 0 spiro atoms. The zero-order chi connectivity index (χ0) is 13.2. The highest BCUT2D eigenvalue weighted by Gasteiger charge is 2.18. The average Bonchev–Trinajstić information content (AvgIpc) is 2.46. The highest BCUT2D eigenvalue weighted by molar-refractivity contribution is 5.83. The topological polar surface area (TPSA) is 33.1 Å². The van der Waals surface area contributed by atoms with Crippen molar-refractivity contribution in [3.8, 4) is 0 Å². The Kier molecular flexibility index (Phi) is 3.34. The van der Waals surface area contributed by atoms with Crippen LogP contribution in [0.15, 0.2) is 42.0 Å². The lowest BCUT2D eigenvalue weighted by Gasteiger charge is -2.20. The van der Waals surface area contributed by atoms with Crippen LogP contribution in [0.1, 0.15) is 43.0 Å². The fourth-order valence-corrected chi connectivity index (χ4v) is 2.88. The Morgan fingerprint density at radius 2 is 2.05 bits per heavy atom. The van der Waals surface area contributed by atoms with Gasteiger partial charge in [-0.2, -0.15) is 0 Å². The summed E-state index contributed by atoms with van der Waals surface area (Å²) >= 11 is 0. The van der Waals surface area contributed by atoms with Crippen molar-refractivity contribution >= 4 is 10.9 Å². The number of aryl methyl sites for hydroxylation is 1. The molecule has 1 aliphatic carbocycles. The number of hydrogen-bond donors (Lipinski definition) is 1. The summed E-state index contributed by atoms with van der Waals surface area (Å²) in [6, 6.07) is 10.1. The first-order valence-electron chi connectivity index (χ1n) is 6.99. The van der Waals surface area contributed by atoms with Gasteiger partial charge < -0.3 is 5.11 Å².